The Balaban J connectivity index is 1.43. The number of hydrogen-bond acceptors (Lipinski definition) is 8. The Morgan fingerprint density at radius 2 is 1.75 bits per heavy atom. The summed E-state index contributed by atoms with van der Waals surface area (Å²) in [6.07, 6.45) is 6.62. The Morgan fingerprint density at radius 1 is 1.08 bits per heavy atom. The molecule has 4 rings (SSSR count). The van der Waals surface area contributed by atoms with E-state index in [1.54, 1.807) is 0 Å². The van der Waals surface area contributed by atoms with Gasteiger partial charge in [-0.05, 0) is 104 Å². The molecule has 4 aliphatic carbocycles. The van der Waals surface area contributed by atoms with Gasteiger partial charge < -0.3 is 24.9 Å². The summed E-state index contributed by atoms with van der Waals surface area (Å²) in [6, 6.07) is 0. The third-order valence-corrected chi connectivity index (χ3v) is 11.4. The summed E-state index contributed by atoms with van der Waals surface area (Å²) < 4.78 is 38.2. The molecule has 4 fully saturated rings. The topological polar surface area (TPSA) is 156 Å². The molecule has 2 N–H and O–H groups in total. The number of rotatable bonds is 8. The van der Waals surface area contributed by atoms with Crippen molar-refractivity contribution in [1.29, 1.82) is 0 Å². The zero-order valence-electron chi connectivity index (χ0n) is 21.6. The molecule has 0 bridgehead atoms. The van der Waals surface area contributed by atoms with Crippen molar-refractivity contribution in [2.45, 2.75) is 97.2 Å². The number of hydrogen-bond donors (Lipinski definition) is 2. The number of carbonyl (C=O) groups is 2. The highest BCUT2D eigenvalue weighted by atomic mass is 32.3. The lowest BCUT2D eigenvalue weighted by atomic mass is 9.43. The summed E-state index contributed by atoms with van der Waals surface area (Å²) in [6.45, 7) is 6.39. The fraction of sp³-hybridized carbons (Fsp3) is 0.923. The second kappa shape index (κ2) is 10.2. The molecule has 0 heterocycles. The Morgan fingerprint density at radius 3 is 2.42 bits per heavy atom. The van der Waals surface area contributed by atoms with Gasteiger partial charge in [-0.1, -0.05) is 20.8 Å². The van der Waals surface area contributed by atoms with Crippen LogP contribution in [-0.2, 0) is 24.2 Å². The summed E-state index contributed by atoms with van der Waals surface area (Å²) >= 11 is 0. The Kier molecular flexibility index (Phi) is 7.84. The van der Waals surface area contributed by atoms with Crippen LogP contribution in [0.4, 0.5) is 0 Å². The standard InChI is InChI=1S/C26H43NO8S/c1-15(4-7-22(29)27-14-23(30)31)18-5-6-19-24-20(9-11-26(18,19)3)25(2)10-8-17(35-36(32,33)34)12-16(25)13-21(24)28/h15-21,24,28H,4-14H2,1-3H3,(H,27,29)(H,30,31)(H,32,33,34)/p-2/t15-,16+,17-,18-,19+,20+,21+,24+,25+,26-/m1/s1. The van der Waals surface area contributed by atoms with Crippen molar-refractivity contribution in [3.63, 3.8) is 0 Å². The SMILES string of the molecule is C[C@H](CCC(=O)NCC(=O)[O-])[C@H]1CC[C@H]2[C@@H]3[C@@H](O)C[C@@H]4C[C@H](OS(=O)(=O)[O-])CC[C@]4(C)[C@H]3CC[C@]12C. The van der Waals surface area contributed by atoms with Gasteiger partial charge in [-0.25, -0.2) is 8.42 Å². The molecule has 10 atom stereocenters. The van der Waals surface area contributed by atoms with Crippen LogP contribution >= 0.6 is 0 Å². The van der Waals surface area contributed by atoms with Gasteiger partial charge in [0.2, 0.25) is 16.3 Å². The lowest BCUT2D eigenvalue weighted by Gasteiger charge is -2.62. The fourth-order valence-electron chi connectivity index (χ4n) is 9.23. The van der Waals surface area contributed by atoms with Crippen LogP contribution in [-0.4, -0.2) is 48.7 Å². The van der Waals surface area contributed by atoms with Gasteiger partial charge >= 0.3 is 0 Å². The van der Waals surface area contributed by atoms with Crippen LogP contribution in [0.2, 0.25) is 0 Å². The van der Waals surface area contributed by atoms with Gasteiger partial charge in [-0.3, -0.25) is 8.98 Å². The summed E-state index contributed by atoms with van der Waals surface area (Å²) in [5, 5.41) is 24.4. The zero-order valence-corrected chi connectivity index (χ0v) is 22.4. The number of carbonyl (C=O) groups excluding carboxylic acids is 2. The van der Waals surface area contributed by atoms with Crippen LogP contribution < -0.4 is 10.4 Å². The molecule has 0 spiro atoms. The maximum absolute atomic E-state index is 12.0. The van der Waals surface area contributed by atoms with Crippen molar-refractivity contribution in [3.8, 4) is 0 Å². The Hall–Kier alpha value is -1.23. The molecule has 0 unspecified atom stereocenters. The van der Waals surface area contributed by atoms with E-state index in [2.05, 4.69) is 26.1 Å². The van der Waals surface area contributed by atoms with Gasteiger partial charge in [0.25, 0.3) is 0 Å². The van der Waals surface area contributed by atoms with Gasteiger partial charge in [0, 0.05) is 6.42 Å². The normalized spacial score (nSPS) is 43.1. The van der Waals surface area contributed by atoms with Crippen molar-refractivity contribution in [2.24, 2.45) is 46.3 Å². The molecule has 206 valence electrons. The van der Waals surface area contributed by atoms with E-state index in [1.165, 1.54) is 0 Å². The first kappa shape index (κ1) is 27.8. The average molecular weight is 528 g/mol. The Bertz CT molecular complexity index is 956. The summed E-state index contributed by atoms with van der Waals surface area (Å²) in [5.41, 5.74) is 0.0850. The second-order valence-corrected chi connectivity index (χ2v) is 13.6. The lowest BCUT2D eigenvalue weighted by molar-refractivity contribution is -0.304. The van der Waals surface area contributed by atoms with E-state index < -0.39 is 35.1 Å². The fourth-order valence-corrected chi connectivity index (χ4v) is 9.74. The number of amides is 1. The number of aliphatic hydroxyl groups is 1. The van der Waals surface area contributed by atoms with Crippen molar-refractivity contribution in [1.82, 2.24) is 5.32 Å². The molecule has 4 saturated carbocycles. The smallest absolute Gasteiger partial charge is 0.220 e. The van der Waals surface area contributed by atoms with Gasteiger partial charge in [-0.15, -0.1) is 0 Å². The third kappa shape index (κ3) is 5.33. The van der Waals surface area contributed by atoms with Gasteiger partial charge in [0.1, 0.15) is 0 Å². The average Bonchev–Trinajstić information content (AvgIpc) is 3.13. The van der Waals surface area contributed by atoms with E-state index in [1.807, 2.05) is 0 Å². The van der Waals surface area contributed by atoms with Crippen LogP contribution in [0.5, 0.6) is 0 Å². The molecule has 0 radical (unpaired) electrons. The van der Waals surface area contributed by atoms with Gasteiger partial charge in [0.05, 0.1) is 24.7 Å². The molecule has 0 aliphatic heterocycles. The minimum absolute atomic E-state index is 0.00147. The number of nitrogens with one attached hydrogen (secondary N) is 1. The first-order valence-corrected chi connectivity index (χ1v) is 14.9. The predicted molar refractivity (Wildman–Crippen MR) is 128 cm³/mol. The summed E-state index contributed by atoms with van der Waals surface area (Å²) in [5.74, 6) is 0.303. The molecule has 1 amide bonds. The molecule has 10 heteroatoms. The maximum atomic E-state index is 12.0. The van der Waals surface area contributed by atoms with Crippen molar-refractivity contribution >= 4 is 22.3 Å². The largest absolute Gasteiger partial charge is 0.726 e. The van der Waals surface area contributed by atoms with Crippen LogP contribution in [0.1, 0.15) is 85.0 Å². The summed E-state index contributed by atoms with van der Waals surface area (Å²) in [7, 11) is -4.74. The highest BCUT2D eigenvalue weighted by Gasteiger charge is 2.63. The molecule has 9 nitrogen and oxygen atoms in total. The minimum atomic E-state index is -4.74. The molecule has 0 saturated heterocycles. The van der Waals surface area contributed by atoms with Gasteiger partial charge in [0.15, 0.2) is 0 Å². The molecular formula is C26H41NO8S-2. The van der Waals surface area contributed by atoms with E-state index in [0.717, 1.165) is 32.1 Å². The van der Waals surface area contributed by atoms with Crippen LogP contribution in [0.25, 0.3) is 0 Å². The van der Waals surface area contributed by atoms with E-state index in [9.17, 15) is 32.8 Å². The number of aliphatic carboxylic acids is 1. The summed E-state index contributed by atoms with van der Waals surface area (Å²) in [4.78, 5) is 22.6. The molecule has 0 aromatic carbocycles. The molecular weight excluding hydrogens is 486 g/mol. The van der Waals surface area contributed by atoms with Crippen LogP contribution in [0, 0.1) is 46.3 Å². The number of aliphatic hydroxyl groups excluding tert-OH is 1. The third-order valence-electron chi connectivity index (χ3n) is 10.9. The molecule has 36 heavy (non-hydrogen) atoms. The quantitative estimate of drug-likeness (QED) is 0.357. The molecule has 4 aliphatic rings. The zero-order chi connectivity index (χ0) is 26.5. The lowest BCUT2D eigenvalue weighted by Crippen LogP contribution is -2.58. The van der Waals surface area contributed by atoms with E-state index in [0.29, 0.717) is 55.8 Å². The number of fused-ring (bicyclic) bond motifs is 5. The highest BCUT2D eigenvalue weighted by Crippen LogP contribution is 2.68. The van der Waals surface area contributed by atoms with Crippen molar-refractivity contribution in [2.75, 3.05) is 6.54 Å². The minimum Gasteiger partial charge on any atom is -0.726 e. The monoisotopic (exact) mass is 527 g/mol. The second-order valence-electron chi connectivity index (χ2n) is 12.6. The van der Waals surface area contributed by atoms with E-state index >= 15 is 0 Å². The molecule has 0 aromatic heterocycles. The van der Waals surface area contributed by atoms with Crippen LogP contribution in [0.3, 0.4) is 0 Å². The maximum Gasteiger partial charge on any atom is 0.220 e. The number of carboxylic acid groups (broad SMARTS) is 1. The molecule has 0 aromatic rings. The number of carboxylic acids is 1. The van der Waals surface area contributed by atoms with Gasteiger partial charge in [-0.2, -0.15) is 0 Å². The van der Waals surface area contributed by atoms with Crippen molar-refractivity contribution < 1.29 is 37.0 Å². The van der Waals surface area contributed by atoms with E-state index in [4.69, 9.17) is 4.18 Å². The van der Waals surface area contributed by atoms with E-state index in [-0.39, 0.29) is 28.6 Å². The first-order valence-electron chi connectivity index (χ1n) is 13.5. The Labute approximate surface area is 214 Å². The highest BCUT2D eigenvalue weighted by molar-refractivity contribution is 7.80. The first-order chi connectivity index (χ1) is 16.7. The van der Waals surface area contributed by atoms with Crippen molar-refractivity contribution in [3.05, 3.63) is 0 Å². The van der Waals surface area contributed by atoms with Crippen LogP contribution in [0.15, 0.2) is 0 Å². The predicted octanol–water partition coefficient (Wildman–Crippen LogP) is 1.74.